The van der Waals surface area contributed by atoms with E-state index < -0.39 is 18.2 Å². The lowest BCUT2D eigenvalue weighted by atomic mass is 10.3. The molecule has 2 aliphatic heterocycles. The first-order valence-electron chi connectivity index (χ1n) is 9.36. The molecule has 3 aromatic rings. The third-order valence-corrected chi connectivity index (χ3v) is 5.17. The summed E-state index contributed by atoms with van der Waals surface area (Å²) in [5.41, 5.74) is 0.764. The molecule has 0 aliphatic carbocycles. The Kier molecular flexibility index (Phi) is 4.64. The number of rotatable bonds is 2. The summed E-state index contributed by atoms with van der Waals surface area (Å²) in [5.74, 6) is -0.190. The van der Waals surface area contributed by atoms with Crippen LogP contribution in [0.15, 0.2) is 36.7 Å². The lowest BCUT2D eigenvalue weighted by Gasteiger charge is -2.30. The molecule has 2 aliphatic rings. The average molecular weight is 426 g/mol. The van der Waals surface area contributed by atoms with Crippen LogP contribution >= 0.6 is 11.6 Å². The summed E-state index contributed by atoms with van der Waals surface area (Å²) >= 11 is 5.98. The Morgan fingerprint density at radius 1 is 1.10 bits per heavy atom. The van der Waals surface area contributed by atoms with Gasteiger partial charge in [-0.05, 0) is 24.3 Å². The van der Waals surface area contributed by atoms with Crippen LogP contribution in [-0.2, 0) is 4.74 Å². The zero-order chi connectivity index (χ0) is 20.7. The van der Waals surface area contributed by atoms with Gasteiger partial charge in [-0.15, -0.1) is 0 Å². The lowest BCUT2D eigenvalue weighted by Crippen LogP contribution is -2.47. The van der Waals surface area contributed by atoms with Gasteiger partial charge in [-0.25, -0.2) is 24.6 Å². The third kappa shape index (κ3) is 3.19. The van der Waals surface area contributed by atoms with Gasteiger partial charge < -0.3 is 15.0 Å². The van der Waals surface area contributed by atoms with Gasteiger partial charge in [0, 0.05) is 44.0 Å². The summed E-state index contributed by atoms with van der Waals surface area (Å²) in [7, 11) is 0. The number of fused-ring (bicyclic) bond motifs is 2. The Hall–Kier alpha value is -3.37. The highest BCUT2D eigenvalue weighted by atomic mass is 35.5. The van der Waals surface area contributed by atoms with Crippen molar-refractivity contribution in [3.63, 3.8) is 0 Å². The number of nitrogens with zero attached hydrogens (tertiary/aromatic N) is 6. The van der Waals surface area contributed by atoms with E-state index in [-0.39, 0.29) is 22.4 Å². The van der Waals surface area contributed by atoms with Crippen LogP contribution in [0.3, 0.4) is 0 Å². The molecule has 11 heteroatoms. The normalized spacial score (nSPS) is 18.6. The number of amides is 2. The number of aromatic nitrogens is 4. The molecular formula is C19H16ClN7O3. The summed E-state index contributed by atoms with van der Waals surface area (Å²) in [4.78, 5) is 45.7. The second-order valence-electron chi connectivity index (χ2n) is 6.79. The molecule has 1 atom stereocenters. The van der Waals surface area contributed by atoms with E-state index in [1.807, 2.05) is 0 Å². The van der Waals surface area contributed by atoms with E-state index in [1.165, 1.54) is 17.3 Å². The van der Waals surface area contributed by atoms with E-state index >= 15 is 0 Å². The van der Waals surface area contributed by atoms with Gasteiger partial charge >= 0.3 is 6.09 Å². The molecule has 1 N–H and O–H groups in total. The molecule has 0 saturated carbocycles. The van der Waals surface area contributed by atoms with E-state index in [0.717, 1.165) is 5.39 Å². The van der Waals surface area contributed by atoms with Crippen LogP contribution in [0.5, 0.6) is 0 Å². The first kappa shape index (κ1) is 18.6. The van der Waals surface area contributed by atoms with Crippen LogP contribution in [0.4, 0.5) is 10.6 Å². The fourth-order valence-electron chi connectivity index (χ4n) is 3.49. The predicted molar refractivity (Wildman–Crippen MR) is 107 cm³/mol. The van der Waals surface area contributed by atoms with Crippen molar-refractivity contribution in [3.05, 3.63) is 53.2 Å². The topological polar surface area (TPSA) is 113 Å². The van der Waals surface area contributed by atoms with E-state index in [1.54, 1.807) is 29.2 Å². The highest BCUT2D eigenvalue weighted by Crippen LogP contribution is 2.36. The Morgan fingerprint density at radius 3 is 2.70 bits per heavy atom. The van der Waals surface area contributed by atoms with Crippen LogP contribution in [0.25, 0.3) is 11.0 Å². The molecule has 0 radical (unpaired) electrons. The minimum absolute atomic E-state index is 0.122. The second-order valence-corrected chi connectivity index (χ2v) is 7.18. The van der Waals surface area contributed by atoms with Crippen LogP contribution in [0.2, 0.25) is 5.15 Å². The van der Waals surface area contributed by atoms with Crippen LogP contribution in [-0.4, -0.2) is 63.0 Å². The monoisotopic (exact) mass is 425 g/mol. The van der Waals surface area contributed by atoms with Crippen molar-refractivity contribution in [2.75, 3.05) is 31.1 Å². The van der Waals surface area contributed by atoms with Gasteiger partial charge in [0.1, 0.15) is 16.7 Å². The molecule has 1 fully saturated rings. The number of ether oxygens (including phenoxy) is 1. The van der Waals surface area contributed by atoms with Gasteiger partial charge in [-0.1, -0.05) is 11.6 Å². The SMILES string of the molecule is O=C(OC1c2nccnc2C(=O)N1c1ccc2ccc(Cl)nc2n1)N1CCNCC1. The molecule has 5 rings (SSSR count). The molecule has 0 spiro atoms. The quantitative estimate of drug-likeness (QED) is 0.618. The first-order chi connectivity index (χ1) is 14.6. The molecule has 0 bridgehead atoms. The zero-order valence-electron chi connectivity index (χ0n) is 15.7. The third-order valence-electron chi connectivity index (χ3n) is 4.95. The number of anilines is 1. The Bertz CT molecular complexity index is 1150. The largest absolute Gasteiger partial charge is 0.419 e. The summed E-state index contributed by atoms with van der Waals surface area (Å²) < 4.78 is 5.73. The van der Waals surface area contributed by atoms with Crippen molar-refractivity contribution in [2.24, 2.45) is 0 Å². The van der Waals surface area contributed by atoms with Crippen molar-refractivity contribution in [3.8, 4) is 0 Å². The Balaban J connectivity index is 1.53. The number of halogens is 1. The molecule has 30 heavy (non-hydrogen) atoms. The zero-order valence-corrected chi connectivity index (χ0v) is 16.4. The van der Waals surface area contributed by atoms with Gasteiger partial charge in [0.25, 0.3) is 5.91 Å². The van der Waals surface area contributed by atoms with Gasteiger partial charge in [0.15, 0.2) is 11.3 Å². The number of piperazine rings is 1. The van der Waals surface area contributed by atoms with Gasteiger partial charge in [-0.2, -0.15) is 0 Å². The second kappa shape index (κ2) is 7.47. The minimum atomic E-state index is -1.08. The fraction of sp³-hybridized carbons (Fsp3) is 0.263. The van der Waals surface area contributed by atoms with E-state index in [0.29, 0.717) is 31.8 Å². The van der Waals surface area contributed by atoms with Crippen LogP contribution in [0.1, 0.15) is 22.4 Å². The van der Waals surface area contributed by atoms with Gasteiger partial charge in [-0.3, -0.25) is 9.78 Å². The molecule has 0 aromatic carbocycles. The summed E-state index contributed by atoms with van der Waals surface area (Å²) in [6.07, 6.45) is 1.27. The molecule has 2 amide bonds. The number of hydrogen-bond donors (Lipinski definition) is 1. The van der Waals surface area contributed by atoms with Crippen molar-refractivity contribution in [2.45, 2.75) is 6.23 Å². The number of hydrogen-bond acceptors (Lipinski definition) is 8. The van der Waals surface area contributed by atoms with Crippen molar-refractivity contribution < 1.29 is 14.3 Å². The number of carbonyl (C=O) groups excluding carboxylic acids is 2. The first-order valence-corrected chi connectivity index (χ1v) is 9.74. The Morgan fingerprint density at radius 2 is 1.87 bits per heavy atom. The van der Waals surface area contributed by atoms with Gasteiger partial charge in [0.05, 0.1) is 0 Å². The van der Waals surface area contributed by atoms with Crippen LogP contribution in [0, 0.1) is 0 Å². The lowest BCUT2D eigenvalue weighted by molar-refractivity contribution is 0.0565. The molecule has 5 heterocycles. The standard InChI is InChI=1S/C19H16ClN7O3/c20-12-3-1-11-2-4-13(25-16(11)24-12)27-17(28)14-15(23-6-5-22-14)18(27)30-19(29)26-9-7-21-8-10-26/h1-6,18,21H,7-10H2. The molecule has 152 valence electrons. The maximum atomic E-state index is 13.1. The molecule has 1 unspecified atom stereocenters. The highest BCUT2D eigenvalue weighted by Gasteiger charge is 2.44. The smallest absolute Gasteiger partial charge is 0.412 e. The summed E-state index contributed by atoms with van der Waals surface area (Å²) in [6, 6.07) is 6.88. The summed E-state index contributed by atoms with van der Waals surface area (Å²) in [6.45, 7) is 2.39. The molecule has 1 saturated heterocycles. The van der Waals surface area contributed by atoms with Crippen molar-refractivity contribution >= 4 is 40.5 Å². The predicted octanol–water partition coefficient (Wildman–Crippen LogP) is 1.77. The van der Waals surface area contributed by atoms with E-state index in [4.69, 9.17) is 16.3 Å². The van der Waals surface area contributed by atoms with Crippen molar-refractivity contribution in [1.82, 2.24) is 30.2 Å². The van der Waals surface area contributed by atoms with Crippen molar-refractivity contribution in [1.29, 1.82) is 0 Å². The van der Waals surface area contributed by atoms with E-state index in [9.17, 15) is 9.59 Å². The number of nitrogens with one attached hydrogen (secondary N) is 1. The fourth-order valence-corrected chi connectivity index (χ4v) is 3.63. The average Bonchev–Trinajstić information content (AvgIpc) is 3.05. The Labute approximate surface area is 175 Å². The van der Waals surface area contributed by atoms with E-state index in [2.05, 4.69) is 25.3 Å². The maximum absolute atomic E-state index is 13.1. The minimum Gasteiger partial charge on any atom is -0.419 e. The molecule has 10 nitrogen and oxygen atoms in total. The van der Waals surface area contributed by atoms with Crippen LogP contribution < -0.4 is 10.2 Å². The summed E-state index contributed by atoms with van der Waals surface area (Å²) in [5, 5.41) is 4.23. The highest BCUT2D eigenvalue weighted by molar-refractivity contribution is 6.29. The van der Waals surface area contributed by atoms with Gasteiger partial charge in [0.2, 0.25) is 6.23 Å². The maximum Gasteiger partial charge on any atom is 0.412 e. The number of carbonyl (C=O) groups is 2. The molecular weight excluding hydrogens is 410 g/mol. The number of pyridine rings is 2. The molecule has 3 aromatic heterocycles.